The van der Waals surface area contributed by atoms with Crippen molar-refractivity contribution in [3.63, 3.8) is 0 Å². The Labute approximate surface area is 138 Å². The first-order valence-electron chi connectivity index (χ1n) is 7.79. The molecule has 23 heavy (non-hydrogen) atoms. The highest BCUT2D eigenvalue weighted by Gasteiger charge is 2.45. The monoisotopic (exact) mass is 326 g/mol. The van der Waals surface area contributed by atoms with Crippen molar-refractivity contribution in [2.24, 2.45) is 0 Å². The van der Waals surface area contributed by atoms with Crippen LogP contribution in [0.3, 0.4) is 0 Å². The van der Waals surface area contributed by atoms with Crippen molar-refractivity contribution in [3.05, 3.63) is 11.1 Å². The number of rotatable bonds is 3. The largest absolute Gasteiger partial charge is 0.478 e. The molecule has 1 aliphatic heterocycles. The number of carboxylic acids is 1. The summed E-state index contributed by atoms with van der Waals surface area (Å²) in [7, 11) is 0. The average Bonchev–Trinajstić information content (AvgIpc) is 2.29. The Bertz CT molecular complexity index is 506. The number of nitrogens with zero attached hydrogens (tertiary/aromatic N) is 1. The van der Waals surface area contributed by atoms with E-state index in [9.17, 15) is 19.9 Å². The van der Waals surface area contributed by atoms with E-state index in [1.807, 2.05) is 0 Å². The second kappa shape index (κ2) is 6.24. The van der Waals surface area contributed by atoms with Gasteiger partial charge in [-0.1, -0.05) is 5.57 Å². The Morgan fingerprint density at radius 2 is 1.57 bits per heavy atom. The molecule has 0 spiro atoms. The van der Waals surface area contributed by atoms with Crippen LogP contribution < -0.4 is 0 Å². The third-order valence-electron chi connectivity index (χ3n) is 3.82. The summed E-state index contributed by atoms with van der Waals surface area (Å²) in [6.45, 7) is 12.4. The molecule has 6 heteroatoms. The number of hydrogen-bond acceptors (Lipinski definition) is 4. The van der Waals surface area contributed by atoms with Crippen LogP contribution >= 0.6 is 0 Å². The van der Waals surface area contributed by atoms with Gasteiger partial charge in [0.2, 0.25) is 0 Å². The Kier molecular flexibility index (Phi) is 5.33. The highest BCUT2D eigenvalue weighted by atomic mass is 16.6. The minimum atomic E-state index is -1.13. The van der Waals surface area contributed by atoms with Gasteiger partial charge in [-0.2, -0.15) is 0 Å². The molecule has 1 heterocycles. The van der Waals surface area contributed by atoms with Gasteiger partial charge in [0.05, 0.1) is 6.42 Å². The smallest absolute Gasteiger partial charge is 0.332 e. The first kappa shape index (κ1) is 19.6. The van der Waals surface area contributed by atoms with E-state index in [4.69, 9.17) is 4.74 Å². The molecule has 0 amide bonds. The van der Waals surface area contributed by atoms with Gasteiger partial charge in [-0.05, 0) is 61.3 Å². The number of carbonyl (C=O) groups excluding carboxylic acids is 1. The Balaban J connectivity index is 3.15. The summed E-state index contributed by atoms with van der Waals surface area (Å²) in [5.41, 5.74) is -1.40. The summed E-state index contributed by atoms with van der Waals surface area (Å²) in [4.78, 5) is 23.7. The molecule has 0 aromatic carbocycles. The molecule has 1 saturated heterocycles. The van der Waals surface area contributed by atoms with E-state index >= 15 is 0 Å². The number of ether oxygens (including phenoxy) is 1. The van der Waals surface area contributed by atoms with Gasteiger partial charge in [-0.15, -0.1) is 10.3 Å². The molecule has 131 valence electrons. The van der Waals surface area contributed by atoms with E-state index < -0.39 is 28.6 Å². The number of piperidine rings is 1. The zero-order valence-electron chi connectivity index (χ0n) is 15.1. The van der Waals surface area contributed by atoms with Crippen molar-refractivity contribution in [2.75, 3.05) is 0 Å². The summed E-state index contributed by atoms with van der Waals surface area (Å²) in [5, 5.41) is 22.9. The predicted octanol–water partition coefficient (Wildman–Crippen LogP) is 3.10. The fourth-order valence-electron chi connectivity index (χ4n) is 3.16. The molecular formula is C17H28NO5. The first-order valence-corrected chi connectivity index (χ1v) is 7.79. The van der Waals surface area contributed by atoms with Crippen LogP contribution in [-0.2, 0) is 19.5 Å². The van der Waals surface area contributed by atoms with Gasteiger partial charge in [-0.3, -0.25) is 4.79 Å². The fraction of sp³-hybridized carbons (Fsp3) is 0.765. The van der Waals surface area contributed by atoms with Crippen LogP contribution in [-0.4, -0.2) is 38.8 Å². The number of carbonyl (C=O) groups is 2. The molecule has 1 radical (unpaired) electrons. The second-order valence-electron chi connectivity index (χ2n) is 8.42. The molecule has 1 fully saturated rings. The van der Waals surface area contributed by atoms with Gasteiger partial charge in [0.1, 0.15) is 5.60 Å². The lowest BCUT2D eigenvalue weighted by atomic mass is 9.76. The third kappa shape index (κ3) is 5.04. The van der Waals surface area contributed by atoms with Crippen LogP contribution in [0.4, 0.5) is 0 Å². The normalized spacial score (nSPS) is 21.0. The fourth-order valence-corrected chi connectivity index (χ4v) is 3.16. The molecule has 0 aliphatic carbocycles. The van der Waals surface area contributed by atoms with E-state index in [1.165, 1.54) is 0 Å². The molecule has 6 nitrogen and oxygen atoms in total. The molecule has 0 aromatic heterocycles. The molecule has 0 atom stereocenters. The Hall–Kier alpha value is -1.40. The number of carboxylic acid groups (broad SMARTS) is 1. The van der Waals surface area contributed by atoms with E-state index in [1.54, 1.807) is 48.5 Å². The second-order valence-corrected chi connectivity index (χ2v) is 8.42. The summed E-state index contributed by atoms with van der Waals surface area (Å²) < 4.78 is 5.23. The zero-order chi connectivity index (χ0) is 18.2. The third-order valence-corrected chi connectivity index (χ3v) is 3.82. The zero-order valence-corrected chi connectivity index (χ0v) is 15.1. The van der Waals surface area contributed by atoms with Crippen LogP contribution in [0.15, 0.2) is 11.1 Å². The minimum absolute atomic E-state index is 0.0495. The summed E-state index contributed by atoms with van der Waals surface area (Å²) in [6, 6.07) is 0. The van der Waals surface area contributed by atoms with Crippen molar-refractivity contribution >= 4 is 11.9 Å². The van der Waals surface area contributed by atoms with Crippen LogP contribution in [0.25, 0.3) is 0 Å². The van der Waals surface area contributed by atoms with Crippen LogP contribution in [0.1, 0.15) is 67.7 Å². The van der Waals surface area contributed by atoms with E-state index in [0.717, 1.165) is 5.06 Å². The van der Waals surface area contributed by atoms with E-state index in [0.29, 0.717) is 18.4 Å². The van der Waals surface area contributed by atoms with Crippen LogP contribution in [0, 0.1) is 0 Å². The van der Waals surface area contributed by atoms with Gasteiger partial charge in [0.25, 0.3) is 0 Å². The van der Waals surface area contributed by atoms with Crippen molar-refractivity contribution in [1.29, 1.82) is 0 Å². The first-order chi connectivity index (χ1) is 10.2. The van der Waals surface area contributed by atoms with Gasteiger partial charge >= 0.3 is 11.9 Å². The van der Waals surface area contributed by atoms with Gasteiger partial charge < -0.3 is 9.84 Å². The predicted molar refractivity (Wildman–Crippen MR) is 85.0 cm³/mol. The van der Waals surface area contributed by atoms with Crippen molar-refractivity contribution in [3.8, 4) is 0 Å². The highest BCUT2D eigenvalue weighted by molar-refractivity contribution is 5.93. The molecule has 1 rings (SSSR count). The van der Waals surface area contributed by atoms with Crippen LogP contribution in [0.5, 0.6) is 0 Å². The molecule has 1 N–H and O–H groups in total. The van der Waals surface area contributed by atoms with Crippen molar-refractivity contribution in [1.82, 2.24) is 5.06 Å². The molecule has 0 aromatic rings. The standard InChI is InChI=1S/C17H28NO5/c1-15(2,3)23-13(19)8-12(14(20)21)11-9-16(4,5)18(22)17(6,7)10-11/h8-10H2,1-7H3,(H,20,21). The summed E-state index contributed by atoms with van der Waals surface area (Å²) in [5.74, 6) is -1.70. The maximum atomic E-state index is 12.4. The molecule has 0 bridgehead atoms. The van der Waals surface area contributed by atoms with E-state index in [-0.39, 0.29) is 12.0 Å². The molecule has 0 saturated carbocycles. The number of hydrogen-bond donors (Lipinski definition) is 1. The lowest BCUT2D eigenvalue weighted by Gasteiger charge is -2.48. The molecule has 0 unspecified atom stereocenters. The van der Waals surface area contributed by atoms with Gasteiger partial charge in [-0.25, -0.2) is 4.79 Å². The SMILES string of the molecule is CC(C)(C)OC(=O)CC(C(=O)O)=C1CC(C)(C)N([O])C(C)(C)C1. The average molecular weight is 326 g/mol. The number of hydroxylamine groups is 2. The van der Waals surface area contributed by atoms with Crippen molar-refractivity contribution < 1.29 is 24.6 Å². The highest BCUT2D eigenvalue weighted by Crippen LogP contribution is 2.41. The summed E-state index contributed by atoms with van der Waals surface area (Å²) >= 11 is 0. The van der Waals surface area contributed by atoms with Gasteiger partial charge in [0, 0.05) is 16.7 Å². The lowest BCUT2D eigenvalue weighted by Crippen LogP contribution is -2.56. The summed E-state index contributed by atoms with van der Waals surface area (Å²) in [6.07, 6.45) is 0.363. The topological polar surface area (TPSA) is 86.7 Å². The quantitative estimate of drug-likeness (QED) is 0.636. The number of esters is 1. The Morgan fingerprint density at radius 1 is 1.13 bits per heavy atom. The van der Waals surface area contributed by atoms with Crippen LogP contribution in [0.2, 0.25) is 0 Å². The van der Waals surface area contributed by atoms with Gasteiger partial charge in [0.15, 0.2) is 0 Å². The molecular weight excluding hydrogens is 298 g/mol. The van der Waals surface area contributed by atoms with Crippen molar-refractivity contribution in [2.45, 2.75) is 84.4 Å². The Morgan fingerprint density at radius 3 is 1.91 bits per heavy atom. The molecule has 1 aliphatic rings. The number of aliphatic carboxylic acids is 1. The maximum Gasteiger partial charge on any atom is 0.332 e. The van der Waals surface area contributed by atoms with E-state index in [2.05, 4.69) is 0 Å². The lowest BCUT2D eigenvalue weighted by molar-refractivity contribution is -0.279. The maximum absolute atomic E-state index is 12.4. The minimum Gasteiger partial charge on any atom is -0.478 e.